The fraction of sp³-hybridized carbons (Fsp3) is 0.143. The molecule has 0 amide bonds. The summed E-state index contributed by atoms with van der Waals surface area (Å²) in [6, 6.07) is 13.1. The molecule has 0 unspecified atom stereocenters. The Balaban J connectivity index is 1.82. The number of methoxy groups -OCH3 is 1. The number of hydrazone groups is 1. The molecular weight excluding hydrogens is 408 g/mol. The van der Waals surface area contributed by atoms with Crippen LogP contribution in [0.5, 0.6) is 0 Å². The summed E-state index contributed by atoms with van der Waals surface area (Å²) in [5, 5.41) is 15.2. The summed E-state index contributed by atoms with van der Waals surface area (Å²) >= 11 is 6.25. The van der Waals surface area contributed by atoms with Gasteiger partial charge in [-0.05, 0) is 50.2 Å². The zero-order valence-electron chi connectivity index (χ0n) is 16.5. The van der Waals surface area contributed by atoms with E-state index in [1.807, 2.05) is 24.5 Å². The second-order valence-corrected chi connectivity index (χ2v) is 6.90. The Morgan fingerprint density at radius 1 is 1.20 bits per heavy atom. The lowest BCUT2D eigenvalue weighted by atomic mass is 10.2. The van der Waals surface area contributed by atoms with Gasteiger partial charge in [0.15, 0.2) is 0 Å². The van der Waals surface area contributed by atoms with E-state index in [1.54, 1.807) is 36.5 Å². The van der Waals surface area contributed by atoms with Crippen LogP contribution in [0, 0.1) is 24.0 Å². The number of benzene rings is 2. The summed E-state index contributed by atoms with van der Waals surface area (Å²) in [7, 11) is 1.31. The van der Waals surface area contributed by atoms with Gasteiger partial charge in [0, 0.05) is 34.8 Å². The molecule has 3 rings (SSSR count). The van der Waals surface area contributed by atoms with Gasteiger partial charge in [-0.2, -0.15) is 5.10 Å². The van der Waals surface area contributed by atoms with Crippen molar-refractivity contribution in [1.82, 2.24) is 4.57 Å². The van der Waals surface area contributed by atoms with Crippen LogP contribution in [0.15, 0.2) is 53.6 Å². The second kappa shape index (κ2) is 8.79. The number of aryl methyl sites for hydroxylation is 1. The number of nitro groups is 1. The van der Waals surface area contributed by atoms with Crippen LogP contribution in [0.1, 0.15) is 27.3 Å². The lowest BCUT2D eigenvalue weighted by molar-refractivity contribution is -0.384. The largest absolute Gasteiger partial charge is 0.465 e. The van der Waals surface area contributed by atoms with Gasteiger partial charge in [-0.25, -0.2) is 4.79 Å². The SMILES string of the molecule is COC(=O)c1ccc(-n2c(C)cc(/C=N/Nc3ccc([N+](=O)[O-])cc3)c2C)cc1Cl. The summed E-state index contributed by atoms with van der Waals surface area (Å²) in [5.74, 6) is -0.488. The highest BCUT2D eigenvalue weighted by Crippen LogP contribution is 2.25. The number of halogens is 1. The van der Waals surface area contributed by atoms with E-state index in [4.69, 9.17) is 16.3 Å². The molecule has 2 aromatic carbocycles. The van der Waals surface area contributed by atoms with Gasteiger partial charge in [-0.3, -0.25) is 15.5 Å². The molecule has 0 atom stereocenters. The molecule has 0 aliphatic heterocycles. The van der Waals surface area contributed by atoms with Gasteiger partial charge < -0.3 is 9.30 Å². The molecule has 0 radical (unpaired) electrons. The van der Waals surface area contributed by atoms with Crippen molar-refractivity contribution < 1.29 is 14.5 Å². The molecule has 0 fully saturated rings. The minimum atomic E-state index is -0.488. The van der Waals surface area contributed by atoms with Gasteiger partial charge in [0.2, 0.25) is 0 Å². The fourth-order valence-electron chi connectivity index (χ4n) is 3.07. The number of anilines is 1. The number of esters is 1. The first kappa shape index (κ1) is 21.1. The third kappa shape index (κ3) is 4.33. The van der Waals surface area contributed by atoms with Crippen LogP contribution in [0.25, 0.3) is 5.69 Å². The molecule has 0 saturated carbocycles. The van der Waals surface area contributed by atoms with Crippen molar-refractivity contribution in [2.45, 2.75) is 13.8 Å². The van der Waals surface area contributed by atoms with Gasteiger partial charge in [-0.15, -0.1) is 0 Å². The average molecular weight is 427 g/mol. The van der Waals surface area contributed by atoms with Crippen LogP contribution in [-0.2, 0) is 4.74 Å². The number of rotatable bonds is 6. The Bertz CT molecular complexity index is 1140. The van der Waals surface area contributed by atoms with E-state index in [-0.39, 0.29) is 5.69 Å². The Morgan fingerprint density at radius 2 is 1.90 bits per heavy atom. The van der Waals surface area contributed by atoms with E-state index in [9.17, 15) is 14.9 Å². The van der Waals surface area contributed by atoms with Crippen LogP contribution in [0.3, 0.4) is 0 Å². The second-order valence-electron chi connectivity index (χ2n) is 6.49. The zero-order valence-corrected chi connectivity index (χ0v) is 17.3. The van der Waals surface area contributed by atoms with Gasteiger partial charge in [0.1, 0.15) is 0 Å². The Morgan fingerprint density at radius 3 is 2.50 bits per heavy atom. The van der Waals surface area contributed by atoms with Crippen LogP contribution >= 0.6 is 11.6 Å². The smallest absolute Gasteiger partial charge is 0.339 e. The predicted octanol–water partition coefficient (Wildman–Crippen LogP) is 4.89. The molecule has 0 spiro atoms. The maximum absolute atomic E-state index is 11.7. The normalized spacial score (nSPS) is 10.9. The number of nitro benzene ring substituents is 1. The number of hydrogen-bond acceptors (Lipinski definition) is 6. The first-order valence-corrected chi connectivity index (χ1v) is 9.30. The van der Waals surface area contributed by atoms with E-state index in [0.717, 1.165) is 22.6 Å². The average Bonchev–Trinajstić information content (AvgIpc) is 3.01. The minimum absolute atomic E-state index is 0.0185. The molecule has 8 nitrogen and oxygen atoms in total. The Hall–Kier alpha value is -3.65. The standard InChI is InChI=1S/C21H19ClN4O4/c1-13-10-15(12-23-24-16-4-6-17(7-5-16)26(28)29)14(2)25(13)18-8-9-19(20(22)11-18)21(27)30-3/h4-12,24H,1-3H3/b23-12+. The number of ether oxygens (including phenoxy) is 1. The number of carbonyl (C=O) groups excluding carboxylic acids is 1. The zero-order chi connectivity index (χ0) is 21.8. The first-order valence-electron chi connectivity index (χ1n) is 8.92. The molecule has 3 aromatic rings. The molecular formula is C21H19ClN4O4. The number of hydrogen-bond donors (Lipinski definition) is 1. The summed E-state index contributed by atoms with van der Waals surface area (Å²) in [4.78, 5) is 22.0. The molecule has 1 aromatic heterocycles. The van der Waals surface area contributed by atoms with Crippen molar-refractivity contribution in [2.24, 2.45) is 5.10 Å². The molecule has 1 heterocycles. The molecule has 30 heavy (non-hydrogen) atoms. The van der Waals surface area contributed by atoms with Crippen molar-refractivity contribution in [2.75, 3.05) is 12.5 Å². The quantitative estimate of drug-likeness (QED) is 0.262. The Labute approximate surface area is 177 Å². The number of nitrogens with one attached hydrogen (secondary N) is 1. The van der Waals surface area contributed by atoms with Gasteiger partial charge in [0.25, 0.3) is 5.69 Å². The lowest BCUT2D eigenvalue weighted by Gasteiger charge is -2.11. The molecule has 1 N–H and O–H groups in total. The maximum atomic E-state index is 11.7. The summed E-state index contributed by atoms with van der Waals surface area (Å²) in [6.45, 7) is 3.90. The van der Waals surface area contributed by atoms with E-state index >= 15 is 0 Å². The third-order valence-electron chi connectivity index (χ3n) is 4.56. The van der Waals surface area contributed by atoms with E-state index in [0.29, 0.717) is 16.3 Å². The monoisotopic (exact) mass is 426 g/mol. The highest BCUT2D eigenvalue weighted by Gasteiger charge is 2.14. The van der Waals surface area contributed by atoms with Gasteiger partial charge >= 0.3 is 5.97 Å². The topological polar surface area (TPSA) is 98.8 Å². The lowest BCUT2D eigenvalue weighted by Crippen LogP contribution is -2.04. The van der Waals surface area contributed by atoms with Crippen molar-refractivity contribution in [3.63, 3.8) is 0 Å². The molecule has 0 saturated heterocycles. The maximum Gasteiger partial charge on any atom is 0.339 e. The van der Waals surface area contributed by atoms with Crippen molar-refractivity contribution in [3.05, 3.63) is 86.2 Å². The van der Waals surface area contributed by atoms with E-state index in [2.05, 4.69) is 10.5 Å². The predicted molar refractivity (Wildman–Crippen MR) is 116 cm³/mol. The van der Waals surface area contributed by atoms with E-state index in [1.165, 1.54) is 19.2 Å². The molecule has 9 heteroatoms. The minimum Gasteiger partial charge on any atom is -0.465 e. The van der Waals surface area contributed by atoms with Gasteiger partial charge in [-0.1, -0.05) is 11.6 Å². The third-order valence-corrected chi connectivity index (χ3v) is 4.87. The molecule has 0 aliphatic carbocycles. The van der Waals surface area contributed by atoms with Gasteiger partial charge in [0.05, 0.1) is 34.5 Å². The summed E-state index contributed by atoms with van der Waals surface area (Å²) in [6.07, 6.45) is 1.67. The number of aromatic nitrogens is 1. The van der Waals surface area contributed by atoms with Crippen molar-refractivity contribution in [3.8, 4) is 5.69 Å². The van der Waals surface area contributed by atoms with Crippen LogP contribution in [0.2, 0.25) is 5.02 Å². The summed E-state index contributed by atoms with van der Waals surface area (Å²) in [5.41, 5.74) is 7.41. The summed E-state index contributed by atoms with van der Waals surface area (Å²) < 4.78 is 6.73. The first-order chi connectivity index (χ1) is 14.3. The Kier molecular flexibility index (Phi) is 6.17. The van der Waals surface area contributed by atoms with Crippen molar-refractivity contribution in [1.29, 1.82) is 0 Å². The molecule has 0 aliphatic rings. The number of carbonyl (C=O) groups is 1. The van der Waals surface area contributed by atoms with Crippen molar-refractivity contribution >= 4 is 35.2 Å². The van der Waals surface area contributed by atoms with Crippen LogP contribution in [0.4, 0.5) is 11.4 Å². The molecule has 154 valence electrons. The highest BCUT2D eigenvalue weighted by atomic mass is 35.5. The number of nitrogens with zero attached hydrogens (tertiary/aromatic N) is 3. The fourth-order valence-corrected chi connectivity index (χ4v) is 3.32. The van der Waals surface area contributed by atoms with Crippen LogP contribution in [-0.4, -0.2) is 28.8 Å². The van der Waals surface area contributed by atoms with Crippen LogP contribution < -0.4 is 5.43 Å². The highest BCUT2D eigenvalue weighted by molar-refractivity contribution is 6.33. The number of non-ortho nitro benzene ring substituents is 1. The van der Waals surface area contributed by atoms with E-state index < -0.39 is 10.9 Å². The molecule has 0 bridgehead atoms.